The van der Waals surface area contributed by atoms with Gasteiger partial charge in [0.05, 0.1) is 12.5 Å². The van der Waals surface area contributed by atoms with Crippen LogP contribution in [-0.2, 0) is 11.3 Å². The van der Waals surface area contributed by atoms with E-state index in [0.717, 1.165) is 27.9 Å². The van der Waals surface area contributed by atoms with E-state index < -0.39 is 0 Å². The zero-order chi connectivity index (χ0) is 23.7. The van der Waals surface area contributed by atoms with Crippen LogP contribution in [0, 0.1) is 12.7 Å². The Balaban J connectivity index is 1.31. The van der Waals surface area contributed by atoms with Crippen LogP contribution in [0.25, 0.3) is 0 Å². The number of piperazine rings is 1. The van der Waals surface area contributed by atoms with Crippen LogP contribution in [0.15, 0.2) is 72.8 Å². The molecule has 174 valence electrons. The number of benzene rings is 3. The number of fused-ring (bicyclic) bond motifs is 1. The highest BCUT2D eigenvalue weighted by atomic mass is 19.1. The number of anilines is 1. The highest BCUT2D eigenvalue weighted by molar-refractivity contribution is 5.98. The second-order valence-corrected chi connectivity index (χ2v) is 9.07. The summed E-state index contributed by atoms with van der Waals surface area (Å²) in [5.74, 6) is -0.221. The van der Waals surface area contributed by atoms with Gasteiger partial charge in [-0.15, -0.1) is 0 Å². The lowest BCUT2D eigenvalue weighted by molar-refractivity contribution is -0.132. The Morgan fingerprint density at radius 2 is 1.59 bits per heavy atom. The molecule has 5 nitrogen and oxygen atoms in total. The monoisotopic (exact) mass is 457 g/mol. The molecule has 0 N–H and O–H groups in total. The van der Waals surface area contributed by atoms with Crippen molar-refractivity contribution in [1.82, 2.24) is 9.80 Å². The molecule has 5 rings (SSSR count). The quantitative estimate of drug-likeness (QED) is 0.564. The first-order valence-electron chi connectivity index (χ1n) is 11.7. The Hall–Kier alpha value is -3.67. The highest BCUT2D eigenvalue weighted by Crippen LogP contribution is 2.34. The second-order valence-electron chi connectivity index (χ2n) is 9.07. The van der Waals surface area contributed by atoms with Crippen molar-refractivity contribution in [1.29, 1.82) is 0 Å². The minimum absolute atomic E-state index is 0.0184. The van der Waals surface area contributed by atoms with Crippen molar-refractivity contribution in [2.24, 2.45) is 0 Å². The molecule has 0 aliphatic carbocycles. The van der Waals surface area contributed by atoms with Crippen molar-refractivity contribution in [2.75, 3.05) is 31.1 Å². The number of carbonyl (C=O) groups excluding carboxylic acids is 2. The van der Waals surface area contributed by atoms with Crippen LogP contribution in [0.4, 0.5) is 10.1 Å². The van der Waals surface area contributed by atoms with Crippen LogP contribution in [-0.4, -0.2) is 47.8 Å². The zero-order valence-corrected chi connectivity index (χ0v) is 19.3. The number of carbonyl (C=O) groups is 2. The Labute approximate surface area is 199 Å². The zero-order valence-electron chi connectivity index (χ0n) is 19.3. The molecule has 34 heavy (non-hydrogen) atoms. The number of hydrogen-bond acceptors (Lipinski definition) is 3. The third-order valence-corrected chi connectivity index (χ3v) is 6.88. The molecule has 0 radical (unpaired) electrons. The van der Waals surface area contributed by atoms with E-state index in [1.54, 1.807) is 12.1 Å². The molecule has 1 saturated heterocycles. The van der Waals surface area contributed by atoms with E-state index in [4.69, 9.17) is 0 Å². The smallest absolute Gasteiger partial charge is 0.255 e. The first-order chi connectivity index (χ1) is 16.5. The highest BCUT2D eigenvalue weighted by Gasteiger charge is 2.35. The summed E-state index contributed by atoms with van der Waals surface area (Å²) < 4.78 is 13.2. The molecular weight excluding hydrogens is 429 g/mol. The second kappa shape index (κ2) is 9.29. The largest absolute Gasteiger partial charge is 0.368 e. The number of aryl methyl sites for hydroxylation is 1. The van der Waals surface area contributed by atoms with Gasteiger partial charge in [-0.2, -0.15) is 0 Å². The molecule has 1 fully saturated rings. The third kappa shape index (κ3) is 4.40. The summed E-state index contributed by atoms with van der Waals surface area (Å²) in [6, 6.07) is 21.9. The molecule has 0 aromatic heterocycles. The summed E-state index contributed by atoms with van der Waals surface area (Å²) in [6.07, 6.45) is 0.249. The molecule has 2 amide bonds. The van der Waals surface area contributed by atoms with Crippen molar-refractivity contribution in [2.45, 2.75) is 25.9 Å². The molecule has 2 heterocycles. The third-order valence-electron chi connectivity index (χ3n) is 6.88. The van der Waals surface area contributed by atoms with E-state index in [1.807, 2.05) is 65.3 Å². The maximum absolute atomic E-state index is 13.4. The van der Waals surface area contributed by atoms with Crippen LogP contribution in [0.2, 0.25) is 0 Å². The lowest BCUT2D eigenvalue weighted by Gasteiger charge is -2.37. The molecule has 2 aliphatic rings. The van der Waals surface area contributed by atoms with Gasteiger partial charge in [0.1, 0.15) is 5.82 Å². The van der Waals surface area contributed by atoms with Gasteiger partial charge in [0.15, 0.2) is 0 Å². The Morgan fingerprint density at radius 3 is 2.26 bits per heavy atom. The lowest BCUT2D eigenvalue weighted by atomic mass is 9.99. The van der Waals surface area contributed by atoms with E-state index in [-0.39, 0.29) is 30.1 Å². The maximum atomic E-state index is 13.4. The summed E-state index contributed by atoms with van der Waals surface area (Å²) in [5.41, 5.74) is 4.81. The minimum Gasteiger partial charge on any atom is -0.368 e. The SMILES string of the molecule is Cc1ccc([C@H](CC(=O)N2CCN(c3ccc(F)cc3)CC2)N2Cc3ccccc3C2=O)cc1. The van der Waals surface area contributed by atoms with Crippen molar-refractivity contribution in [3.05, 3.63) is 101 Å². The van der Waals surface area contributed by atoms with Gasteiger partial charge in [0, 0.05) is 44.0 Å². The van der Waals surface area contributed by atoms with E-state index in [2.05, 4.69) is 4.90 Å². The van der Waals surface area contributed by atoms with Crippen LogP contribution < -0.4 is 4.90 Å². The molecule has 0 unspecified atom stereocenters. The summed E-state index contributed by atoms with van der Waals surface area (Å²) in [6.45, 7) is 5.14. The van der Waals surface area contributed by atoms with E-state index in [9.17, 15) is 14.0 Å². The Morgan fingerprint density at radius 1 is 0.912 bits per heavy atom. The summed E-state index contributed by atoms with van der Waals surface area (Å²) in [7, 11) is 0. The molecule has 0 bridgehead atoms. The van der Waals surface area contributed by atoms with Gasteiger partial charge >= 0.3 is 0 Å². The van der Waals surface area contributed by atoms with E-state index >= 15 is 0 Å². The fraction of sp³-hybridized carbons (Fsp3) is 0.286. The van der Waals surface area contributed by atoms with Gasteiger partial charge in [-0.05, 0) is 48.4 Å². The molecule has 0 saturated carbocycles. The van der Waals surface area contributed by atoms with Crippen molar-refractivity contribution < 1.29 is 14.0 Å². The Kier molecular flexibility index (Phi) is 6.05. The van der Waals surface area contributed by atoms with Crippen molar-refractivity contribution in [3.8, 4) is 0 Å². The minimum atomic E-state index is -0.317. The van der Waals surface area contributed by atoms with Crippen molar-refractivity contribution in [3.63, 3.8) is 0 Å². The summed E-state index contributed by atoms with van der Waals surface area (Å²) in [5, 5.41) is 0. The molecule has 2 aliphatic heterocycles. The number of halogens is 1. The van der Waals surface area contributed by atoms with Crippen LogP contribution in [0.5, 0.6) is 0 Å². The molecule has 3 aromatic rings. The fourth-order valence-electron chi connectivity index (χ4n) is 4.89. The van der Waals surface area contributed by atoms with Crippen molar-refractivity contribution >= 4 is 17.5 Å². The molecular formula is C28H28FN3O2. The van der Waals surface area contributed by atoms with Crippen LogP contribution >= 0.6 is 0 Å². The first-order valence-corrected chi connectivity index (χ1v) is 11.7. The normalized spacial score (nSPS) is 16.5. The van der Waals surface area contributed by atoms with Gasteiger partial charge < -0.3 is 14.7 Å². The topological polar surface area (TPSA) is 43.9 Å². The van der Waals surface area contributed by atoms with Gasteiger partial charge in [-0.1, -0.05) is 48.0 Å². The lowest BCUT2D eigenvalue weighted by Crippen LogP contribution is -2.49. The average Bonchev–Trinajstić information content (AvgIpc) is 3.20. The number of nitrogens with zero attached hydrogens (tertiary/aromatic N) is 3. The average molecular weight is 458 g/mol. The predicted molar refractivity (Wildman–Crippen MR) is 130 cm³/mol. The van der Waals surface area contributed by atoms with Gasteiger partial charge in [0.25, 0.3) is 5.91 Å². The maximum Gasteiger partial charge on any atom is 0.255 e. The Bertz CT molecular complexity index is 1190. The first kappa shape index (κ1) is 22.1. The van der Waals surface area contributed by atoms with Gasteiger partial charge in [-0.3, -0.25) is 9.59 Å². The van der Waals surface area contributed by atoms with Crippen LogP contribution in [0.1, 0.15) is 39.5 Å². The summed E-state index contributed by atoms with van der Waals surface area (Å²) in [4.78, 5) is 32.5. The molecule has 6 heteroatoms. The number of hydrogen-bond donors (Lipinski definition) is 0. The number of amides is 2. The van der Waals surface area contributed by atoms with E-state index in [0.29, 0.717) is 32.7 Å². The number of rotatable bonds is 5. The van der Waals surface area contributed by atoms with Gasteiger partial charge in [0.2, 0.25) is 5.91 Å². The molecule has 1 atom stereocenters. The van der Waals surface area contributed by atoms with Gasteiger partial charge in [-0.25, -0.2) is 4.39 Å². The van der Waals surface area contributed by atoms with Crippen LogP contribution in [0.3, 0.4) is 0 Å². The molecule has 3 aromatic carbocycles. The standard InChI is InChI=1S/C28H28FN3O2/c1-20-6-8-21(9-7-20)26(32-19-22-4-2-3-5-25(22)28(32)34)18-27(33)31-16-14-30(15-17-31)24-12-10-23(29)11-13-24/h2-13,26H,14-19H2,1H3/t26-/m0/s1. The predicted octanol–water partition coefficient (Wildman–Crippen LogP) is 4.57. The molecule has 0 spiro atoms. The summed E-state index contributed by atoms with van der Waals surface area (Å²) >= 11 is 0. The van der Waals surface area contributed by atoms with E-state index in [1.165, 1.54) is 12.1 Å². The fourth-order valence-corrected chi connectivity index (χ4v) is 4.89.